The first-order chi connectivity index (χ1) is 9.78. The molecule has 0 bridgehead atoms. The van der Waals surface area contributed by atoms with Gasteiger partial charge < -0.3 is 4.42 Å². The van der Waals surface area contributed by atoms with Crippen molar-refractivity contribution in [2.45, 2.75) is 32.2 Å². The molecule has 0 unspecified atom stereocenters. The Balaban J connectivity index is 1.94. The first-order valence-electron chi connectivity index (χ1n) is 6.75. The van der Waals surface area contributed by atoms with E-state index in [0.717, 1.165) is 35.3 Å². The van der Waals surface area contributed by atoms with Crippen LogP contribution in [-0.2, 0) is 32.7 Å². The molecule has 2 aromatic rings. The van der Waals surface area contributed by atoms with E-state index in [-0.39, 0.29) is 12.0 Å². The molecule has 0 amide bonds. The van der Waals surface area contributed by atoms with Crippen molar-refractivity contribution in [2.75, 3.05) is 12.9 Å². The third kappa shape index (κ3) is 2.63. The lowest BCUT2D eigenvalue weighted by Gasteiger charge is -2.29. The van der Waals surface area contributed by atoms with Gasteiger partial charge in [0.25, 0.3) is 10.1 Å². The third-order valence-electron chi connectivity index (χ3n) is 3.77. The van der Waals surface area contributed by atoms with E-state index >= 15 is 0 Å². The average Bonchev–Trinajstić information content (AvgIpc) is 2.93. The van der Waals surface area contributed by atoms with Gasteiger partial charge in [-0.15, -0.1) is 0 Å². The van der Waals surface area contributed by atoms with Gasteiger partial charge in [-0.2, -0.15) is 13.5 Å². The van der Waals surface area contributed by atoms with E-state index < -0.39 is 10.1 Å². The molecule has 2 heterocycles. The Bertz CT molecular complexity index is 771. The minimum absolute atomic E-state index is 0.0594. The summed E-state index contributed by atoms with van der Waals surface area (Å²) in [7, 11) is -3.43. The first-order valence-corrected chi connectivity index (χ1v) is 8.57. The second-order valence-corrected chi connectivity index (χ2v) is 7.62. The standard InChI is InChI=1S/C14H18N2O4S/c1-14(2)8-12-10(4-6-19-12)13-11(14)9-15-16(13)5-7-20-21(3,17)18/h4,6,9H,5,7-8H2,1-3H3. The topological polar surface area (TPSA) is 74.3 Å². The summed E-state index contributed by atoms with van der Waals surface area (Å²) in [4.78, 5) is 0. The molecule has 3 rings (SSSR count). The molecule has 21 heavy (non-hydrogen) atoms. The molecule has 6 nitrogen and oxygen atoms in total. The number of rotatable bonds is 4. The summed E-state index contributed by atoms with van der Waals surface area (Å²) in [5.74, 6) is 0.943. The Morgan fingerprint density at radius 1 is 1.48 bits per heavy atom. The molecule has 0 saturated carbocycles. The van der Waals surface area contributed by atoms with Crippen LogP contribution in [0, 0.1) is 0 Å². The van der Waals surface area contributed by atoms with Crippen LogP contribution in [0.4, 0.5) is 0 Å². The van der Waals surface area contributed by atoms with E-state index in [9.17, 15) is 8.42 Å². The minimum atomic E-state index is -3.43. The van der Waals surface area contributed by atoms with E-state index in [4.69, 9.17) is 8.60 Å². The van der Waals surface area contributed by atoms with Gasteiger partial charge in [0.1, 0.15) is 5.76 Å². The van der Waals surface area contributed by atoms with Crippen LogP contribution < -0.4 is 0 Å². The fourth-order valence-electron chi connectivity index (χ4n) is 2.79. The van der Waals surface area contributed by atoms with Crippen LogP contribution in [0.25, 0.3) is 11.3 Å². The van der Waals surface area contributed by atoms with Gasteiger partial charge in [-0.05, 0) is 6.07 Å². The normalized spacial score (nSPS) is 16.5. The number of furan rings is 1. The van der Waals surface area contributed by atoms with Crippen molar-refractivity contribution in [3.63, 3.8) is 0 Å². The quantitative estimate of drug-likeness (QED) is 0.807. The van der Waals surface area contributed by atoms with Crippen LogP contribution in [0.1, 0.15) is 25.2 Å². The number of fused-ring (bicyclic) bond motifs is 3. The molecule has 1 aliphatic carbocycles. The van der Waals surface area contributed by atoms with Gasteiger partial charge in [0.2, 0.25) is 0 Å². The van der Waals surface area contributed by atoms with Crippen LogP contribution in [0.15, 0.2) is 22.9 Å². The molecule has 7 heteroatoms. The summed E-state index contributed by atoms with van der Waals surface area (Å²) >= 11 is 0. The summed E-state index contributed by atoms with van der Waals surface area (Å²) in [5, 5.41) is 4.39. The SMILES string of the molecule is CC1(C)Cc2occc2-c2c1cnn2CCOS(C)(=O)=O. The van der Waals surface area contributed by atoms with Gasteiger partial charge in [0.05, 0.1) is 37.6 Å². The highest BCUT2D eigenvalue weighted by Crippen LogP contribution is 2.43. The summed E-state index contributed by atoms with van der Waals surface area (Å²) in [5.41, 5.74) is 3.11. The van der Waals surface area contributed by atoms with Gasteiger partial charge in [0, 0.05) is 23.0 Å². The van der Waals surface area contributed by atoms with E-state index in [1.807, 2.05) is 12.3 Å². The fraction of sp³-hybridized carbons (Fsp3) is 0.500. The average molecular weight is 310 g/mol. The zero-order chi connectivity index (χ0) is 15.3. The molecular formula is C14H18N2O4S. The predicted octanol–water partition coefficient (Wildman–Crippen LogP) is 1.95. The second-order valence-electron chi connectivity index (χ2n) is 5.97. The van der Waals surface area contributed by atoms with Crippen LogP contribution in [0.3, 0.4) is 0 Å². The molecular weight excluding hydrogens is 292 g/mol. The molecule has 0 aliphatic heterocycles. The van der Waals surface area contributed by atoms with Crippen molar-refractivity contribution >= 4 is 10.1 Å². The Morgan fingerprint density at radius 2 is 2.24 bits per heavy atom. The molecule has 0 fully saturated rings. The van der Waals surface area contributed by atoms with Crippen molar-refractivity contribution in [2.24, 2.45) is 0 Å². The second kappa shape index (κ2) is 4.71. The lowest BCUT2D eigenvalue weighted by atomic mass is 9.75. The van der Waals surface area contributed by atoms with Crippen molar-refractivity contribution in [1.82, 2.24) is 9.78 Å². The molecule has 2 aromatic heterocycles. The molecule has 0 atom stereocenters. The molecule has 0 saturated heterocycles. The maximum absolute atomic E-state index is 11.0. The van der Waals surface area contributed by atoms with Gasteiger partial charge in [-0.1, -0.05) is 13.8 Å². The Morgan fingerprint density at radius 3 is 2.95 bits per heavy atom. The van der Waals surface area contributed by atoms with E-state index in [0.29, 0.717) is 6.54 Å². The predicted molar refractivity (Wildman–Crippen MR) is 77.5 cm³/mol. The maximum atomic E-state index is 11.0. The van der Waals surface area contributed by atoms with E-state index in [2.05, 4.69) is 18.9 Å². The maximum Gasteiger partial charge on any atom is 0.264 e. The highest BCUT2D eigenvalue weighted by atomic mass is 32.2. The zero-order valence-electron chi connectivity index (χ0n) is 12.3. The summed E-state index contributed by atoms with van der Waals surface area (Å²) in [6, 6.07) is 1.93. The van der Waals surface area contributed by atoms with Crippen LogP contribution in [0.5, 0.6) is 0 Å². The molecule has 0 aromatic carbocycles. The minimum Gasteiger partial charge on any atom is -0.469 e. The number of hydrogen-bond acceptors (Lipinski definition) is 5. The van der Waals surface area contributed by atoms with Crippen molar-refractivity contribution in [3.05, 3.63) is 29.9 Å². The number of nitrogens with zero attached hydrogens (tertiary/aromatic N) is 2. The summed E-state index contributed by atoms with van der Waals surface area (Å²) < 4.78 is 34.2. The monoisotopic (exact) mass is 310 g/mol. The Hall–Kier alpha value is -1.60. The summed E-state index contributed by atoms with van der Waals surface area (Å²) in [6.07, 6.45) is 5.41. The molecule has 114 valence electrons. The molecule has 0 spiro atoms. The van der Waals surface area contributed by atoms with E-state index in [1.54, 1.807) is 10.9 Å². The van der Waals surface area contributed by atoms with Crippen molar-refractivity contribution < 1.29 is 17.0 Å². The molecule has 0 N–H and O–H groups in total. The fourth-order valence-corrected chi connectivity index (χ4v) is 3.17. The summed E-state index contributed by atoms with van der Waals surface area (Å²) in [6.45, 7) is 4.75. The van der Waals surface area contributed by atoms with Gasteiger partial charge in [-0.25, -0.2) is 0 Å². The van der Waals surface area contributed by atoms with Gasteiger partial charge >= 0.3 is 0 Å². The van der Waals surface area contributed by atoms with E-state index in [1.165, 1.54) is 0 Å². The van der Waals surface area contributed by atoms with Crippen LogP contribution >= 0.6 is 0 Å². The first kappa shape index (κ1) is 14.3. The zero-order valence-corrected chi connectivity index (χ0v) is 13.1. The Kier molecular flexibility index (Phi) is 3.22. The van der Waals surface area contributed by atoms with Crippen molar-refractivity contribution in [3.8, 4) is 11.3 Å². The lowest BCUT2D eigenvalue weighted by Crippen LogP contribution is -2.25. The van der Waals surface area contributed by atoms with Gasteiger partial charge in [-0.3, -0.25) is 8.86 Å². The van der Waals surface area contributed by atoms with Crippen LogP contribution in [-0.4, -0.2) is 31.1 Å². The van der Waals surface area contributed by atoms with Crippen LogP contribution in [0.2, 0.25) is 0 Å². The lowest BCUT2D eigenvalue weighted by molar-refractivity contribution is 0.297. The van der Waals surface area contributed by atoms with Gasteiger partial charge in [0.15, 0.2) is 0 Å². The highest BCUT2D eigenvalue weighted by molar-refractivity contribution is 7.85. The Labute approximate surface area is 123 Å². The number of aromatic nitrogens is 2. The third-order valence-corrected chi connectivity index (χ3v) is 4.37. The molecule has 0 radical (unpaired) electrons. The number of hydrogen-bond donors (Lipinski definition) is 0. The highest BCUT2D eigenvalue weighted by Gasteiger charge is 2.35. The smallest absolute Gasteiger partial charge is 0.264 e. The van der Waals surface area contributed by atoms with Crippen molar-refractivity contribution in [1.29, 1.82) is 0 Å². The largest absolute Gasteiger partial charge is 0.469 e. The molecule has 1 aliphatic rings.